The molecule has 0 radical (unpaired) electrons. The zero-order valence-electron chi connectivity index (χ0n) is 16.8. The molecule has 2 aromatic rings. The summed E-state index contributed by atoms with van der Waals surface area (Å²) in [6.45, 7) is 3.63. The van der Waals surface area contributed by atoms with E-state index in [4.69, 9.17) is 0 Å². The predicted molar refractivity (Wildman–Crippen MR) is 113 cm³/mol. The van der Waals surface area contributed by atoms with Gasteiger partial charge in [0, 0.05) is 32.7 Å². The first kappa shape index (κ1) is 21.0. The average Bonchev–Trinajstić information content (AvgIpc) is 3.39. The van der Waals surface area contributed by atoms with Gasteiger partial charge in [0.2, 0.25) is 0 Å². The Bertz CT molecular complexity index is 879. The van der Waals surface area contributed by atoms with Crippen LogP contribution in [0.2, 0.25) is 0 Å². The van der Waals surface area contributed by atoms with Crippen LogP contribution in [0.3, 0.4) is 0 Å². The third kappa shape index (κ3) is 4.41. The molecular formula is C21H25F3N4OS. The highest BCUT2D eigenvalue weighted by atomic mass is 32.1. The maximum Gasteiger partial charge on any atom is 0.416 e. The lowest BCUT2D eigenvalue weighted by atomic mass is 10.1. The highest BCUT2D eigenvalue weighted by molar-refractivity contribution is 7.08. The number of hydrogen-bond donors (Lipinski definition) is 1. The zero-order chi connectivity index (χ0) is 21.3. The Labute approximate surface area is 178 Å². The van der Waals surface area contributed by atoms with Gasteiger partial charge in [0.15, 0.2) is 0 Å². The summed E-state index contributed by atoms with van der Waals surface area (Å²) in [5.74, 6) is 0. The fourth-order valence-electron chi connectivity index (χ4n) is 4.14. The van der Waals surface area contributed by atoms with E-state index in [1.54, 1.807) is 16.2 Å². The Morgan fingerprint density at radius 2 is 1.90 bits per heavy atom. The number of alkyl halides is 3. The second-order valence-corrected chi connectivity index (χ2v) is 8.64. The SMILES string of the molecule is CN1CCN(c2ccc(C(F)(F)F)cc2NC(=O)N2CCC[C@@H]2c2ccsc2)CC1. The topological polar surface area (TPSA) is 38.8 Å². The maximum absolute atomic E-state index is 13.3. The maximum atomic E-state index is 13.3. The van der Waals surface area contributed by atoms with Crippen LogP contribution in [0.1, 0.15) is 30.0 Å². The largest absolute Gasteiger partial charge is 0.416 e. The van der Waals surface area contributed by atoms with Gasteiger partial charge >= 0.3 is 12.2 Å². The van der Waals surface area contributed by atoms with Crippen LogP contribution in [0.25, 0.3) is 0 Å². The molecule has 2 amide bonds. The molecular weight excluding hydrogens is 413 g/mol. The number of piperazine rings is 1. The molecule has 4 rings (SSSR count). The van der Waals surface area contributed by atoms with Gasteiger partial charge in [-0.1, -0.05) is 0 Å². The van der Waals surface area contributed by atoms with E-state index in [-0.39, 0.29) is 17.8 Å². The van der Waals surface area contributed by atoms with Gasteiger partial charge < -0.3 is 20.0 Å². The van der Waals surface area contributed by atoms with Gasteiger partial charge in [-0.3, -0.25) is 0 Å². The number of nitrogens with zero attached hydrogens (tertiary/aromatic N) is 3. The Hall–Kier alpha value is -2.26. The molecule has 1 aromatic heterocycles. The van der Waals surface area contributed by atoms with E-state index in [2.05, 4.69) is 10.2 Å². The van der Waals surface area contributed by atoms with Gasteiger partial charge in [-0.2, -0.15) is 24.5 Å². The highest BCUT2D eigenvalue weighted by Gasteiger charge is 2.34. The van der Waals surface area contributed by atoms with E-state index in [0.717, 1.165) is 43.6 Å². The summed E-state index contributed by atoms with van der Waals surface area (Å²) in [7, 11) is 2.02. The van der Waals surface area contributed by atoms with Gasteiger partial charge in [0.1, 0.15) is 0 Å². The summed E-state index contributed by atoms with van der Waals surface area (Å²) in [5.41, 5.74) is 1.17. The van der Waals surface area contributed by atoms with Crippen LogP contribution in [0, 0.1) is 0 Å². The van der Waals surface area contributed by atoms with Gasteiger partial charge in [-0.15, -0.1) is 0 Å². The van der Waals surface area contributed by atoms with Gasteiger partial charge in [-0.05, 0) is 60.5 Å². The van der Waals surface area contributed by atoms with Gasteiger partial charge in [-0.25, -0.2) is 4.79 Å². The van der Waals surface area contributed by atoms with Crippen molar-refractivity contribution in [3.8, 4) is 0 Å². The highest BCUT2D eigenvalue weighted by Crippen LogP contribution is 2.37. The summed E-state index contributed by atoms with van der Waals surface area (Å²) < 4.78 is 40.0. The van der Waals surface area contributed by atoms with Crippen molar-refractivity contribution in [3.63, 3.8) is 0 Å². The van der Waals surface area contributed by atoms with Crippen molar-refractivity contribution in [3.05, 3.63) is 46.2 Å². The minimum atomic E-state index is -4.47. The number of carbonyl (C=O) groups is 1. The smallest absolute Gasteiger partial charge is 0.367 e. The number of carbonyl (C=O) groups excluding carboxylic acids is 1. The van der Waals surface area contributed by atoms with Crippen molar-refractivity contribution in [2.24, 2.45) is 0 Å². The van der Waals surface area contributed by atoms with Gasteiger partial charge in [0.25, 0.3) is 0 Å². The zero-order valence-corrected chi connectivity index (χ0v) is 17.6. The second kappa shape index (κ2) is 8.47. The van der Waals surface area contributed by atoms with E-state index in [9.17, 15) is 18.0 Å². The molecule has 0 saturated carbocycles. The van der Waals surface area contributed by atoms with E-state index >= 15 is 0 Å². The van der Waals surface area contributed by atoms with E-state index in [1.807, 2.05) is 28.8 Å². The first-order valence-corrected chi connectivity index (χ1v) is 11.0. The van der Waals surface area contributed by atoms with Crippen LogP contribution in [-0.2, 0) is 6.18 Å². The molecule has 1 aromatic carbocycles. The predicted octanol–water partition coefficient (Wildman–Crippen LogP) is 4.89. The Morgan fingerprint density at radius 3 is 2.57 bits per heavy atom. The van der Waals surface area contributed by atoms with E-state index in [0.29, 0.717) is 25.3 Å². The molecule has 30 heavy (non-hydrogen) atoms. The first-order chi connectivity index (χ1) is 14.3. The number of nitrogens with one attached hydrogen (secondary N) is 1. The molecule has 2 saturated heterocycles. The molecule has 5 nitrogen and oxygen atoms in total. The number of halogens is 3. The molecule has 0 aliphatic carbocycles. The fourth-order valence-corrected chi connectivity index (χ4v) is 4.85. The van der Waals surface area contributed by atoms with Crippen LogP contribution < -0.4 is 10.2 Å². The summed E-state index contributed by atoms with van der Waals surface area (Å²) >= 11 is 1.58. The Kier molecular flexibility index (Phi) is 5.92. The standard InChI is InChI=1S/C21H25F3N4OS/c1-26-8-10-27(11-9-26)19-5-4-16(21(22,23)24)13-17(19)25-20(29)28-7-2-3-18(28)15-6-12-30-14-15/h4-6,12-14,18H,2-3,7-11H2,1H3,(H,25,29)/t18-/m1/s1. The van der Waals surface area contributed by atoms with Crippen LogP contribution in [-0.4, -0.2) is 55.6 Å². The molecule has 9 heteroatoms. The van der Waals surface area contributed by atoms with E-state index < -0.39 is 11.7 Å². The normalized spacial score (nSPS) is 20.6. The van der Waals surface area contributed by atoms with Crippen molar-refractivity contribution in [1.82, 2.24) is 9.80 Å². The van der Waals surface area contributed by atoms with Crippen LogP contribution in [0.4, 0.5) is 29.3 Å². The molecule has 2 aliphatic rings. The first-order valence-electron chi connectivity index (χ1n) is 10.1. The van der Waals surface area contributed by atoms with Crippen LogP contribution in [0.5, 0.6) is 0 Å². The summed E-state index contributed by atoms with van der Waals surface area (Å²) in [5, 5.41) is 6.80. The average molecular weight is 439 g/mol. The molecule has 2 fully saturated rings. The van der Waals surface area contributed by atoms with Crippen molar-refractivity contribution in [2.45, 2.75) is 25.1 Å². The molecule has 1 atom stereocenters. The molecule has 162 valence electrons. The number of amides is 2. The number of anilines is 2. The number of likely N-dealkylation sites (tertiary alicyclic amines) is 1. The molecule has 2 aliphatic heterocycles. The third-order valence-electron chi connectivity index (χ3n) is 5.85. The monoisotopic (exact) mass is 438 g/mol. The van der Waals surface area contributed by atoms with Crippen molar-refractivity contribution in [1.29, 1.82) is 0 Å². The van der Waals surface area contributed by atoms with Gasteiger partial charge in [0.05, 0.1) is 23.0 Å². The van der Waals surface area contributed by atoms with Crippen LogP contribution >= 0.6 is 11.3 Å². The second-order valence-electron chi connectivity index (χ2n) is 7.86. The lowest BCUT2D eigenvalue weighted by molar-refractivity contribution is -0.137. The lowest BCUT2D eigenvalue weighted by Gasteiger charge is -2.35. The summed E-state index contributed by atoms with van der Waals surface area (Å²) in [6, 6.07) is 5.24. The fraction of sp³-hybridized carbons (Fsp3) is 0.476. The molecule has 0 spiro atoms. The summed E-state index contributed by atoms with van der Waals surface area (Å²) in [6.07, 6.45) is -2.73. The third-order valence-corrected chi connectivity index (χ3v) is 6.55. The van der Waals surface area contributed by atoms with Crippen molar-refractivity contribution in [2.75, 3.05) is 50.0 Å². The number of urea groups is 1. The number of benzene rings is 1. The van der Waals surface area contributed by atoms with E-state index in [1.165, 1.54) is 6.07 Å². The van der Waals surface area contributed by atoms with Crippen LogP contribution in [0.15, 0.2) is 35.0 Å². The number of rotatable bonds is 3. The molecule has 1 N–H and O–H groups in total. The molecule has 3 heterocycles. The number of hydrogen-bond acceptors (Lipinski definition) is 4. The quantitative estimate of drug-likeness (QED) is 0.742. The number of thiophene rings is 1. The summed E-state index contributed by atoms with van der Waals surface area (Å²) in [4.78, 5) is 19.0. The molecule has 0 unspecified atom stereocenters. The van der Waals surface area contributed by atoms with Crippen molar-refractivity contribution >= 4 is 28.7 Å². The minimum Gasteiger partial charge on any atom is -0.367 e. The minimum absolute atomic E-state index is 0.0332. The van der Waals surface area contributed by atoms with Crippen molar-refractivity contribution < 1.29 is 18.0 Å². The number of likely N-dealkylation sites (N-methyl/N-ethyl adjacent to an activating group) is 1. The lowest BCUT2D eigenvalue weighted by Crippen LogP contribution is -2.45. The Morgan fingerprint density at radius 1 is 1.13 bits per heavy atom. The molecule has 0 bridgehead atoms. The Balaban J connectivity index is 1.60.